The first-order chi connectivity index (χ1) is 14.6. The van der Waals surface area contributed by atoms with Gasteiger partial charge in [0.2, 0.25) is 0 Å². The molecule has 156 valence electrons. The van der Waals surface area contributed by atoms with Crippen molar-refractivity contribution in [3.8, 4) is 11.5 Å². The summed E-state index contributed by atoms with van der Waals surface area (Å²) in [7, 11) is 3.21. The summed E-state index contributed by atoms with van der Waals surface area (Å²) < 4.78 is 14.3. The number of benzene rings is 1. The predicted molar refractivity (Wildman–Crippen MR) is 121 cm³/mol. The van der Waals surface area contributed by atoms with Crippen LogP contribution >= 0.6 is 34.3 Å². The average Bonchev–Trinajstić information content (AvgIpc) is 3.50. The number of methoxy groups -OCH3 is 2. The number of halogens is 1. The Balaban J connectivity index is 1.69. The number of hydrogen-bond acceptors (Lipinski definition) is 7. The molecule has 10 heteroatoms. The number of thiazole rings is 1. The minimum Gasteiger partial charge on any atom is -0.495 e. The maximum Gasteiger partial charge on any atom is 0.270 e. The van der Waals surface area contributed by atoms with E-state index in [4.69, 9.17) is 26.1 Å². The minimum atomic E-state index is -0.130. The summed E-state index contributed by atoms with van der Waals surface area (Å²) in [6.45, 7) is 1.24. The van der Waals surface area contributed by atoms with Gasteiger partial charge in [-0.2, -0.15) is 0 Å². The summed E-state index contributed by atoms with van der Waals surface area (Å²) >= 11 is 8.73. The van der Waals surface area contributed by atoms with Crippen molar-refractivity contribution in [3.05, 3.63) is 52.2 Å². The Kier molecular flexibility index (Phi) is 6.21. The number of anilines is 1. The van der Waals surface area contributed by atoms with Crippen molar-refractivity contribution in [2.24, 2.45) is 0 Å². The highest BCUT2D eigenvalue weighted by Gasteiger charge is 2.24. The largest absolute Gasteiger partial charge is 0.495 e. The number of aryl methyl sites for hydroxylation is 1. The lowest BCUT2D eigenvalue weighted by Crippen LogP contribution is -2.31. The number of rotatable bonds is 8. The molecule has 0 bridgehead atoms. The van der Waals surface area contributed by atoms with Crippen molar-refractivity contribution in [1.29, 1.82) is 0 Å². The molecule has 0 aliphatic rings. The third-order valence-corrected chi connectivity index (χ3v) is 6.83. The van der Waals surface area contributed by atoms with E-state index in [1.165, 1.54) is 22.7 Å². The molecule has 3 heterocycles. The second-order valence-electron chi connectivity index (χ2n) is 6.36. The fraction of sp³-hybridized carbons (Fsp3) is 0.250. The van der Waals surface area contributed by atoms with Crippen LogP contribution in [0, 0.1) is 0 Å². The smallest absolute Gasteiger partial charge is 0.270 e. The van der Waals surface area contributed by atoms with E-state index in [0.717, 1.165) is 17.7 Å². The molecule has 0 N–H and O–H groups in total. The number of ether oxygens (including phenoxy) is 2. The molecule has 4 rings (SSSR count). The molecule has 7 nitrogen and oxygen atoms in total. The molecule has 0 aliphatic carbocycles. The number of hydrogen-bond donors (Lipinski definition) is 0. The van der Waals surface area contributed by atoms with Gasteiger partial charge in [-0.3, -0.25) is 9.69 Å². The van der Waals surface area contributed by atoms with Gasteiger partial charge in [-0.25, -0.2) is 9.97 Å². The number of thiophene rings is 1. The summed E-state index contributed by atoms with van der Waals surface area (Å²) in [6, 6.07) is 7.13. The predicted octanol–water partition coefficient (Wildman–Crippen LogP) is 4.96. The first-order valence-electron chi connectivity index (χ1n) is 9.15. The lowest BCUT2D eigenvalue weighted by atomic mass is 10.3. The molecule has 0 saturated carbocycles. The molecular weight excluding hydrogens is 444 g/mol. The van der Waals surface area contributed by atoms with E-state index in [2.05, 4.69) is 4.98 Å². The highest BCUT2D eigenvalue weighted by atomic mass is 35.5. The van der Waals surface area contributed by atoms with Crippen LogP contribution in [0.25, 0.3) is 10.2 Å². The summed E-state index contributed by atoms with van der Waals surface area (Å²) in [6.07, 6.45) is 6.14. The quantitative estimate of drug-likeness (QED) is 0.370. The number of amides is 1. The van der Waals surface area contributed by atoms with E-state index < -0.39 is 0 Å². The van der Waals surface area contributed by atoms with Gasteiger partial charge in [0.1, 0.15) is 21.7 Å². The Hall–Kier alpha value is -2.62. The number of aromatic nitrogens is 3. The van der Waals surface area contributed by atoms with Crippen LogP contribution < -0.4 is 14.4 Å². The summed E-state index contributed by atoms with van der Waals surface area (Å²) in [4.78, 5) is 24.4. The summed E-state index contributed by atoms with van der Waals surface area (Å²) in [5, 5.41) is 0.591. The van der Waals surface area contributed by atoms with Gasteiger partial charge in [-0.05, 0) is 30.7 Å². The summed E-state index contributed by atoms with van der Waals surface area (Å²) in [5.41, 5.74) is 0.675. The van der Waals surface area contributed by atoms with Crippen LogP contribution in [0.4, 0.5) is 5.13 Å². The Morgan fingerprint density at radius 1 is 1.17 bits per heavy atom. The molecule has 0 saturated heterocycles. The summed E-state index contributed by atoms with van der Waals surface area (Å²) in [5.74, 6) is 1.20. The number of nitrogens with zero attached hydrogens (tertiary/aromatic N) is 4. The van der Waals surface area contributed by atoms with E-state index in [-0.39, 0.29) is 5.91 Å². The standard InChI is InChI=1S/C20H19ClN4O3S2/c1-27-13-4-5-14(28-2)18-17(13)23-20(30-18)25(10-3-9-24-11-8-22-12-24)19(26)15-6-7-16(21)29-15/h4-8,11-12H,3,9-10H2,1-2H3. The first-order valence-corrected chi connectivity index (χ1v) is 11.2. The second-order valence-corrected chi connectivity index (χ2v) is 9.05. The highest BCUT2D eigenvalue weighted by molar-refractivity contribution is 7.23. The lowest BCUT2D eigenvalue weighted by molar-refractivity contribution is 0.0990. The average molecular weight is 463 g/mol. The zero-order valence-electron chi connectivity index (χ0n) is 16.4. The molecule has 0 aliphatic heterocycles. The van der Waals surface area contributed by atoms with Crippen LogP contribution in [0.15, 0.2) is 43.0 Å². The second kappa shape index (κ2) is 9.03. The molecule has 3 aromatic heterocycles. The van der Waals surface area contributed by atoms with Crippen molar-refractivity contribution in [2.75, 3.05) is 25.7 Å². The molecule has 0 radical (unpaired) electrons. The Morgan fingerprint density at radius 3 is 2.63 bits per heavy atom. The molecule has 0 unspecified atom stereocenters. The van der Waals surface area contributed by atoms with Crippen molar-refractivity contribution >= 4 is 55.5 Å². The molecule has 0 fully saturated rings. The van der Waals surface area contributed by atoms with E-state index in [1.807, 2.05) is 22.9 Å². The van der Waals surface area contributed by atoms with Crippen molar-refractivity contribution in [3.63, 3.8) is 0 Å². The lowest BCUT2D eigenvalue weighted by Gasteiger charge is -2.19. The van der Waals surface area contributed by atoms with E-state index >= 15 is 0 Å². The Bertz CT molecular complexity index is 1120. The van der Waals surface area contributed by atoms with Gasteiger partial charge in [0.25, 0.3) is 5.91 Å². The van der Waals surface area contributed by atoms with Crippen LogP contribution in [-0.2, 0) is 6.54 Å². The van der Waals surface area contributed by atoms with Gasteiger partial charge in [-0.1, -0.05) is 22.9 Å². The van der Waals surface area contributed by atoms with Crippen LogP contribution in [-0.4, -0.2) is 41.2 Å². The normalized spacial score (nSPS) is 11.0. The van der Waals surface area contributed by atoms with Crippen LogP contribution in [0.1, 0.15) is 16.1 Å². The molecule has 30 heavy (non-hydrogen) atoms. The fourth-order valence-corrected chi connectivity index (χ4v) is 5.16. The van der Waals surface area contributed by atoms with Crippen molar-refractivity contribution in [1.82, 2.24) is 14.5 Å². The van der Waals surface area contributed by atoms with Crippen LogP contribution in [0.3, 0.4) is 0 Å². The van der Waals surface area contributed by atoms with Gasteiger partial charge in [0, 0.05) is 25.5 Å². The monoisotopic (exact) mass is 462 g/mol. The van der Waals surface area contributed by atoms with Crippen molar-refractivity contribution < 1.29 is 14.3 Å². The van der Waals surface area contributed by atoms with Gasteiger partial charge >= 0.3 is 0 Å². The molecule has 1 amide bonds. The van der Waals surface area contributed by atoms with E-state index in [0.29, 0.717) is 37.9 Å². The Labute approximate surface area is 186 Å². The third-order valence-electron chi connectivity index (χ3n) is 4.52. The van der Waals surface area contributed by atoms with E-state index in [1.54, 1.807) is 43.8 Å². The Morgan fingerprint density at radius 2 is 1.97 bits per heavy atom. The van der Waals surface area contributed by atoms with Crippen molar-refractivity contribution in [2.45, 2.75) is 13.0 Å². The molecular formula is C20H19ClN4O3S2. The maximum atomic E-state index is 13.3. The number of imidazole rings is 1. The topological polar surface area (TPSA) is 69.5 Å². The maximum absolute atomic E-state index is 13.3. The minimum absolute atomic E-state index is 0.130. The van der Waals surface area contributed by atoms with Crippen LogP contribution in [0.2, 0.25) is 4.34 Å². The SMILES string of the molecule is COc1ccc(OC)c2sc(N(CCCn3ccnc3)C(=O)c3ccc(Cl)s3)nc12. The molecule has 4 aromatic rings. The zero-order valence-corrected chi connectivity index (χ0v) is 18.8. The van der Waals surface area contributed by atoms with Gasteiger partial charge in [-0.15, -0.1) is 11.3 Å². The number of carbonyl (C=O) groups excluding carboxylic acids is 1. The van der Waals surface area contributed by atoms with Gasteiger partial charge in [0.15, 0.2) is 5.13 Å². The van der Waals surface area contributed by atoms with Crippen LogP contribution in [0.5, 0.6) is 11.5 Å². The highest BCUT2D eigenvalue weighted by Crippen LogP contribution is 2.40. The van der Waals surface area contributed by atoms with Gasteiger partial charge in [0.05, 0.1) is 29.8 Å². The van der Waals surface area contributed by atoms with Gasteiger partial charge < -0.3 is 14.0 Å². The molecule has 0 spiro atoms. The molecule has 1 aromatic carbocycles. The molecule has 0 atom stereocenters. The number of fused-ring (bicyclic) bond motifs is 1. The van der Waals surface area contributed by atoms with E-state index in [9.17, 15) is 4.79 Å². The fourth-order valence-electron chi connectivity index (χ4n) is 3.07. The first kappa shape index (κ1) is 20.6. The third kappa shape index (κ3) is 4.14. The zero-order chi connectivity index (χ0) is 21.1. The number of carbonyl (C=O) groups is 1.